The van der Waals surface area contributed by atoms with E-state index in [1.165, 1.54) is 6.07 Å². The lowest BCUT2D eigenvalue weighted by molar-refractivity contribution is -0.142. The van der Waals surface area contributed by atoms with Gasteiger partial charge in [-0.05, 0) is 83.8 Å². The van der Waals surface area contributed by atoms with Crippen LogP contribution in [0.4, 0.5) is 19.7 Å². The number of ether oxygens (including phenoxy) is 2. The van der Waals surface area contributed by atoms with Gasteiger partial charge in [-0.3, -0.25) is 9.69 Å². The van der Waals surface area contributed by atoms with Gasteiger partial charge in [0.15, 0.2) is 0 Å². The highest BCUT2D eigenvalue weighted by molar-refractivity contribution is 5.95. The van der Waals surface area contributed by atoms with Crippen molar-refractivity contribution in [1.82, 2.24) is 9.47 Å². The number of piperidine rings is 1. The molecule has 1 aromatic heterocycles. The molecule has 1 saturated heterocycles. The lowest BCUT2D eigenvalue weighted by atomic mass is 9.67. The van der Waals surface area contributed by atoms with E-state index >= 15 is 4.39 Å². The summed E-state index contributed by atoms with van der Waals surface area (Å²) in [6, 6.07) is 4.42. The van der Waals surface area contributed by atoms with Gasteiger partial charge in [0.25, 0.3) is 0 Å². The van der Waals surface area contributed by atoms with Crippen LogP contribution in [-0.2, 0) is 14.3 Å². The molecule has 4 rings (SSSR count). The van der Waals surface area contributed by atoms with E-state index in [2.05, 4.69) is 4.57 Å². The molecule has 2 heterocycles. The van der Waals surface area contributed by atoms with Gasteiger partial charge in [-0.15, -0.1) is 0 Å². The molecule has 2 fully saturated rings. The molecule has 1 spiro atoms. The SMILES string of the molecule is CCOC(=O)CCN(C(N)=O)c1cc2ccn(C3CCC4(CC3)CCN(C(=O)OC(C)(C)C)CC4)c2cc1F. The van der Waals surface area contributed by atoms with Crippen molar-refractivity contribution in [3.63, 3.8) is 0 Å². The summed E-state index contributed by atoms with van der Waals surface area (Å²) in [4.78, 5) is 39.2. The van der Waals surface area contributed by atoms with Crippen LogP contribution in [0.25, 0.3) is 10.9 Å². The summed E-state index contributed by atoms with van der Waals surface area (Å²) in [6.45, 7) is 8.95. The van der Waals surface area contributed by atoms with Crippen molar-refractivity contribution in [3.8, 4) is 0 Å². The number of amides is 3. The number of hydrogen-bond acceptors (Lipinski definition) is 5. The third kappa shape index (κ3) is 6.65. The molecule has 0 bridgehead atoms. The van der Waals surface area contributed by atoms with Crippen molar-refractivity contribution in [2.45, 2.75) is 84.3 Å². The smallest absolute Gasteiger partial charge is 0.410 e. The van der Waals surface area contributed by atoms with Gasteiger partial charge >= 0.3 is 18.1 Å². The molecule has 2 N–H and O–H groups in total. The lowest BCUT2D eigenvalue weighted by Gasteiger charge is -2.46. The van der Waals surface area contributed by atoms with Crippen LogP contribution in [0, 0.1) is 11.2 Å². The number of carbonyl (C=O) groups is 3. The number of primary amides is 1. The zero-order valence-electron chi connectivity index (χ0n) is 23.5. The molecule has 0 radical (unpaired) electrons. The summed E-state index contributed by atoms with van der Waals surface area (Å²) < 4.78 is 27.9. The van der Waals surface area contributed by atoms with E-state index in [4.69, 9.17) is 15.2 Å². The zero-order chi connectivity index (χ0) is 28.4. The second-order valence-corrected chi connectivity index (χ2v) is 11.8. The number of likely N-dealkylation sites (tertiary alicyclic amines) is 1. The van der Waals surface area contributed by atoms with Gasteiger partial charge in [0.2, 0.25) is 0 Å². The largest absolute Gasteiger partial charge is 0.466 e. The minimum Gasteiger partial charge on any atom is -0.466 e. The standard InChI is InChI=1S/C29H41FN4O5/c1-5-38-25(35)9-15-34(26(31)36)24-18-20-8-14-33(23(20)19-22(24)30)21-6-10-29(11-7-21)12-16-32(17-13-29)27(37)39-28(2,3)4/h8,14,18-19,21H,5-7,9-13,15-17H2,1-4H3,(H2,31,36). The number of hydrogen-bond donors (Lipinski definition) is 1. The Labute approximate surface area is 229 Å². The summed E-state index contributed by atoms with van der Waals surface area (Å²) in [5.74, 6) is -1.03. The number of rotatable bonds is 6. The average Bonchev–Trinajstić information content (AvgIpc) is 3.26. The first-order chi connectivity index (χ1) is 18.4. The van der Waals surface area contributed by atoms with Crippen molar-refractivity contribution >= 4 is 34.7 Å². The minimum absolute atomic E-state index is 0.0522. The Morgan fingerprint density at radius 2 is 1.79 bits per heavy atom. The zero-order valence-corrected chi connectivity index (χ0v) is 23.5. The van der Waals surface area contributed by atoms with Crippen molar-refractivity contribution in [1.29, 1.82) is 0 Å². The fraction of sp³-hybridized carbons (Fsp3) is 0.621. The van der Waals surface area contributed by atoms with Gasteiger partial charge in [0.05, 0.1) is 24.2 Å². The van der Waals surface area contributed by atoms with E-state index in [1.54, 1.807) is 13.0 Å². The number of esters is 1. The lowest BCUT2D eigenvalue weighted by Crippen LogP contribution is -2.46. The molecule has 2 aliphatic rings. The molecular formula is C29H41FN4O5. The number of halogens is 1. The first-order valence-electron chi connectivity index (χ1n) is 13.9. The molecule has 0 unspecified atom stereocenters. The monoisotopic (exact) mass is 544 g/mol. The molecule has 0 atom stereocenters. The predicted octanol–water partition coefficient (Wildman–Crippen LogP) is 5.75. The average molecular weight is 545 g/mol. The molecule has 1 aliphatic heterocycles. The molecule has 10 heteroatoms. The number of urea groups is 1. The number of fused-ring (bicyclic) bond motifs is 1. The van der Waals surface area contributed by atoms with Crippen LogP contribution < -0.4 is 10.6 Å². The molecule has 214 valence electrons. The number of anilines is 1. The van der Waals surface area contributed by atoms with Gasteiger partial charge in [0.1, 0.15) is 11.4 Å². The van der Waals surface area contributed by atoms with Crippen molar-refractivity contribution in [2.24, 2.45) is 11.1 Å². The van der Waals surface area contributed by atoms with Crippen molar-refractivity contribution in [2.75, 3.05) is 31.1 Å². The van der Waals surface area contributed by atoms with Gasteiger partial charge in [-0.2, -0.15) is 0 Å². The van der Waals surface area contributed by atoms with E-state index in [9.17, 15) is 14.4 Å². The molecule has 1 aliphatic carbocycles. The normalized spacial score (nSPS) is 17.8. The number of benzene rings is 1. The van der Waals surface area contributed by atoms with E-state index in [0.717, 1.165) is 54.3 Å². The van der Waals surface area contributed by atoms with Crippen LogP contribution in [-0.4, -0.2) is 59.4 Å². The molecule has 2 aromatic rings. The van der Waals surface area contributed by atoms with Crippen LogP contribution in [0.3, 0.4) is 0 Å². The molecule has 39 heavy (non-hydrogen) atoms. The summed E-state index contributed by atoms with van der Waals surface area (Å²) in [6.07, 6.45) is 7.69. The first-order valence-corrected chi connectivity index (χ1v) is 13.9. The minimum atomic E-state index is -0.827. The molecule has 9 nitrogen and oxygen atoms in total. The van der Waals surface area contributed by atoms with Crippen LogP contribution >= 0.6 is 0 Å². The first kappa shape index (κ1) is 28.7. The highest BCUT2D eigenvalue weighted by Gasteiger charge is 2.40. The van der Waals surface area contributed by atoms with Crippen molar-refractivity contribution in [3.05, 3.63) is 30.2 Å². The van der Waals surface area contributed by atoms with Crippen LogP contribution in [0.1, 0.15) is 78.7 Å². The molecule has 1 saturated carbocycles. The van der Waals surface area contributed by atoms with E-state index < -0.39 is 23.4 Å². The van der Waals surface area contributed by atoms with Gasteiger partial charge in [0, 0.05) is 43.3 Å². The van der Waals surface area contributed by atoms with Gasteiger partial charge < -0.3 is 24.7 Å². The third-order valence-electron chi connectivity index (χ3n) is 8.08. The third-order valence-corrected chi connectivity index (χ3v) is 8.08. The summed E-state index contributed by atoms with van der Waals surface area (Å²) >= 11 is 0. The maximum Gasteiger partial charge on any atom is 0.410 e. The predicted molar refractivity (Wildman–Crippen MR) is 147 cm³/mol. The summed E-state index contributed by atoms with van der Waals surface area (Å²) in [5, 5.41) is 0.805. The Balaban J connectivity index is 1.41. The Morgan fingerprint density at radius 1 is 1.13 bits per heavy atom. The maximum absolute atomic E-state index is 15.3. The van der Waals surface area contributed by atoms with E-state index in [0.29, 0.717) is 13.1 Å². The van der Waals surface area contributed by atoms with Crippen molar-refractivity contribution < 1.29 is 28.2 Å². The Morgan fingerprint density at radius 3 is 2.38 bits per heavy atom. The number of nitrogens with two attached hydrogens (primary N) is 1. The van der Waals surface area contributed by atoms with Crippen LogP contribution in [0.2, 0.25) is 0 Å². The Hall–Kier alpha value is -3.30. The summed E-state index contributed by atoms with van der Waals surface area (Å²) in [7, 11) is 0. The van der Waals surface area contributed by atoms with Gasteiger partial charge in [-0.25, -0.2) is 14.0 Å². The molecular weight excluding hydrogens is 503 g/mol. The van der Waals surface area contributed by atoms with Gasteiger partial charge in [-0.1, -0.05) is 0 Å². The van der Waals surface area contributed by atoms with E-state index in [1.807, 2.05) is 37.9 Å². The summed E-state index contributed by atoms with van der Waals surface area (Å²) in [5.41, 5.74) is 6.08. The Bertz CT molecular complexity index is 1200. The topological polar surface area (TPSA) is 107 Å². The quantitative estimate of drug-likeness (QED) is 0.466. The molecule has 1 aromatic carbocycles. The van der Waals surface area contributed by atoms with E-state index in [-0.39, 0.29) is 42.8 Å². The second kappa shape index (κ2) is 11.4. The highest BCUT2D eigenvalue weighted by Crippen LogP contribution is 2.48. The molecule has 3 amide bonds. The van der Waals surface area contributed by atoms with Crippen LogP contribution in [0.5, 0.6) is 0 Å². The number of aromatic nitrogens is 1. The fourth-order valence-corrected chi connectivity index (χ4v) is 5.96. The number of nitrogens with zero attached hydrogens (tertiary/aromatic N) is 3. The number of carbonyl (C=O) groups excluding carboxylic acids is 3. The second-order valence-electron chi connectivity index (χ2n) is 11.8. The Kier molecular flexibility index (Phi) is 8.42. The van der Waals surface area contributed by atoms with Crippen LogP contribution in [0.15, 0.2) is 24.4 Å². The fourth-order valence-electron chi connectivity index (χ4n) is 5.96. The highest BCUT2D eigenvalue weighted by atomic mass is 19.1. The maximum atomic E-state index is 15.3.